The molecule has 19 heavy (non-hydrogen) atoms. The van der Waals surface area contributed by atoms with Crippen LogP contribution in [0.25, 0.3) is 0 Å². The minimum absolute atomic E-state index is 0.511. The van der Waals surface area contributed by atoms with Gasteiger partial charge >= 0.3 is 23.6 Å². The topological polar surface area (TPSA) is 98.8 Å². The molecule has 1 saturated heterocycles. The summed E-state index contributed by atoms with van der Waals surface area (Å²) in [5, 5.41) is 1.96. The van der Waals surface area contributed by atoms with Gasteiger partial charge in [0, 0.05) is 0 Å². The Morgan fingerprint density at radius 1 is 1.05 bits per heavy atom. The van der Waals surface area contributed by atoms with E-state index in [0.29, 0.717) is 0 Å². The molecule has 1 heterocycles. The van der Waals surface area contributed by atoms with Gasteiger partial charge in [0.1, 0.15) is 6.42 Å². The lowest BCUT2D eigenvalue weighted by atomic mass is 10.2. The van der Waals surface area contributed by atoms with Gasteiger partial charge < -0.3 is 9.47 Å². The third-order valence-electron chi connectivity index (χ3n) is 2.47. The zero-order valence-corrected chi connectivity index (χ0v) is 11.3. The van der Waals surface area contributed by atoms with E-state index in [1.54, 1.807) is 27.7 Å². The SMILES string of the molecule is CC(C)C(=O)OC1(OC(=O)C(C)C)CC(=O)NC1=O. The lowest BCUT2D eigenvalue weighted by Gasteiger charge is -2.26. The fourth-order valence-electron chi connectivity index (χ4n) is 1.30. The third kappa shape index (κ3) is 3.30. The molecule has 0 saturated carbocycles. The Hall–Kier alpha value is -1.92. The van der Waals surface area contributed by atoms with Crippen molar-refractivity contribution in [2.45, 2.75) is 39.9 Å². The highest BCUT2D eigenvalue weighted by Crippen LogP contribution is 2.26. The maximum Gasteiger partial charge on any atom is 0.345 e. The van der Waals surface area contributed by atoms with Crippen molar-refractivity contribution in [3.8, 4) is 0 Å². The summed E-state index contributed by atoms with van der Waals surface area (Å²) in [6.07, 6.45) is -0.511. The maximum atomic E-state index is 11.7. The van der Waals surface area contributed by atoms with E-state index in [-0.39, 0.29) is 0 Å². The van der Waals surface area contributed by atoms with Gasteiger partial charge in [0.15, 0.2) is 0 Å². The Morgan fingerprint density at radius 2 is 1.47 bits per heavy atom. The number of rotatable bonds is 4. The van der Waals surface area contributed by atoms with Crippen molar-refractivity contribution in [2.75, 3.05) is 0 Å². The normalized spacial score (nSPS) is 17.6. The van der Waals surface area contributed by atoms with E-state index in [0.717, 1.165) is 0 Å². The maximum absolute atomic E-state index is 11.7. The van der Waals surface area contributed by atoms with Crippen LogP contribution in [0.2, 0.25) is 0 Å². The van der Waals surface area contributed by atoms with E-state index in [4.69, 9.17) is 9.47 Å². The van der Waals surface area contributed by atoms with Crippen LogP contribution in [-0.2, 0) is 28.7 Å². The number of hydrogen-bond acceptors (Lipinski definition) is 6. The Bertz CT molecular complexity index is 404. The molecule has 1 N–H and O–H groups in total. The summed E-state index contributed by atoms with van der Waals surface area (Å²) in [7, 11) is 0. The second kappa shape index (κ2) is 5.38. The van der Waals surface area contributed by atoms with Crippen LogP contribution in [0.1, 0.15) is 34.1 Å². The summed E-state index contributed by atoms with van der Waals surface area (Å²) in [5.74, 6) is -6.22. The first-order valence-corrected chi connectivity index (χ1v) is 5.98. The van der Waals surface area contributed by atoms with Crippen molar-refractivity contribution in [1.29, 1.82) is 0 Å². The van der Waals surface area contributed by atoms with Crippen LogP contribution < -0.4 is 5.32 Å². The van der Waals surface area contributed by atoms with Crippen LogP contribution in [0.4, 0.5) is 0 Å². The molecule has 1 fully saturated rings. The fraction of sp³-hybridized carbons (Fsp3) is 0.667. The van der Waals surface area contributed by atoms with Crippen LogP contribution in [0, 0.1) is 11.8 Å². The van der Waals surface area contributed by atoms with E-state index in [9.17, 15) is 19.2 Å². The largest absolute Gasteiger partial charge is 0.412 e. The van der Waals surface area contributed by atoms with Crippen molar-refractivity contribution in [1.82, 2.24) is 5.32 Å². The monoisotopic (exact) mass is 271 g/mol. The molecule has 1 aliphatic rings. The highest BCUT2D eigenvalue weighted by Gasteiger charge is 2.54. The average molecular weight is 271 g/mol. The van der Waals surface area contributed by atoms with Gasteiger partial charge in [-0.2, -0.15) is 0 Å². The molecule has 7 nitrogen and oxygen atoms in total. The number of esters is 2. The van der Waals surface area contributed by atoms with Gasteiger partial charge in [0.05, 0.1) is 11.8 Å². The zero-order valence-electron chi connectivity index (χ0n) is 11.3. The zero-order chi connectivity index (χ0) is 14.8. The molecule has 0 aliphatic carbocycles. The molecule has 1 aliphatic heterocycles. The van der Waals surface area contributed by atoms with Crippen LogP contribution in [0.3, 0.4) is 0 Å². The molecule has 0 radical (unpaired) electrons. The fourth-order valence-corrected chi connectivity index (χ4v) is 1.30. The number of ether oxygens (including phenoxy) is 2. The van der Waals surface area contributed by atoms with Gasteiger partial charge in [0.2, 0.25) is 5.91 Å². The first-order valence-electron chi connectivity index (χ1n) is 5.98. The van der Waals surface area contributed by atoms with Crippen molar-refractivity contribution in [2.24, 2.45) is 11.8 Å². The Morgan fingerprint density at radius 3 is 1.74 bits per heavy atom. The van der Waals surface area contributed by atoms with Crippen molar-refractivity contribution in [3.63, 3.8) is 0 Å². The first kappa shape index (κ1) is 15.1. The van der Waals surface area contributed by atoms with Gasteiger partial charge in [-0.1, -0.05) is 27.7 Å². The first-order chi connectivity index (χ1) is 8.68. The Labute approximate surface area is 110 Å². The molecule has 0 atom stereocenters. The molecule has 1 rings (SSSR count). The van der Waals surface area contributed by atoms with Crippen molar-refractivity contribution < 1.29 is 28.7 Å². The van der Waals surface area contributed by atoms with E-state index < -0.39 is 47.8 Å². The summed E-state index contributed by atoms with van der Waals surface area (Å²) < 4.78 is 9.90. The van der Waals surface area contributed by atoms with Crippen molar-refractivity contribution >= 4 is 23.8 Å². The summed E-state index contributed by atoms with van der Waals surface area (Å²) in [4.78, 5) is 46.2. The minimum Gasteiger partial charge on any atom is -0.412 e. The minimum atomic E-state index is -2.17. The predicted octanol–water partition coefficient (Wildman–Crippen LogP) is 0.128. The van der Waals surface area contributed by atoms with Gasteiger partial charge in [-0.25, -0.2) is 0 Å². The Balaban J connectivity index is 2.98. The van der Waals surface area contributed by atoms with Crippen LogP contribution in [0.15, 0.2) is 0 Å². The van der Waals surface area contributed by atoms with Gasteiger partial charge in [0.25, 0.3) is 0 Å². The van der Waals surface area contributed by atoms with E-state index in [1.807, 2.05) is 5.32 Å². The van der Waals surface area contributed by atoms with Crippen LogP contribution in [-0.4, -0.2) is 29.5 Å². The second-order valence-corrected chi connectivity index (χ2v) is 4.96. The highest BCUT2D eigenvalue weighted by molar-refractivity contribution is 6.08. The number of carbonyl (C=O) groups excluding carboxylic acids is 4. The smallest absolute Gasteiger partial charge is 0.345 e. The summed E-state index contributed by atoms with van der Waals surface area (Å²) in [6, 6.07) is 0. The molecule has 0 aromatic carbocycles. The highest BCUT2D eigenvalue weighted by atomic mass is 16.7. The molecular formula is C12H17NO6. The molecule has 0 aromatic heterocycles. The number of imide groups is 1. The molecule has 2 amide bonds. The molecule has 0 bridgehead atoms. The Kier molecular flexibility index (Phi) is 4.28. The molecule has 7 heteroatoms. The summed E-state index contributed by atoms with van der Waals surface area (Å²) >= 11 is 0. The molecule has 0 aromatic rings. The summed E-state index contributed by atoms with van der Waals surface area (Å²) in [5.41, 5.74) is 0. The lowest BCUT2D eigenvalue weighted by Crippen LogP contribution is -2.47. The third-order valence-corrected chi connectivity index (χ3v) is 2.47. The summed E-state index contributed by atoms with van der Waals surface area (Å²) in [6.45, 7) is 6.26. The lowest BCUT2D eigenvalue weighted by molar-refractivity contribution is -0.226. The van der Waals surface area contributed by atoms with Gasteiger partial charge in [-0.3, -0.25) is 24.5 Å². The molecular weight excluding hydrogens is 254 g/mol. The van der Waals surface area contributed by atoms with E-state index >= 15 is 0 Å². The molecule has 0 unspecified atom stereocenters. The van der Waals surface area contributed by atoms with Gasteiger partial charge in [-0.05, 0) is 0 Å². The predicted molar refractivity (Wildman–Crippen MR) is 62.4 cm³/mol. The number of hydrogen-bond donors (Lipinski definition) is 1. The van der Waals surface area contributed by atoms with Crippen molar-refractivity contribution in [3.05, 3.63) is 0 Å². The number of carbonyl (C=O) groups is 4. The second-order valence-electron chi connectivity index (χ2n) is 4.96. The van der Waals surface area contributed by atoms with Crippen LogP contribution in [0.5, 0.6) is 0 Å². The standard InChI is InChI=1S/C12H17NO6/c1-6(2)9(15)18-12(19-10(16)7(3)4)5-8(14)13-11(12)17/h6-7H,5H2,1-4H3,(H,13,14,17). The van der Waals surface area contributed by atoms with Gasteiger partial charge in [-0.15, -0.1) is 0 Å². The van der Waals surface area contributed by atoms with Crippen LogP contribution >= 0.6 is 0 Å². The molecule has 106 valence electrons. The van der Waals surface area contributed by atoms with E-state index in [2.05, 4.69) is 0 Å². The quantitative estimate of drug-likeness (QED) is 0.443. The average Bonchev–Trinajstić information content (AvgIpc) is 2.53. The van der Waals surface area contributed by atoms with E-state index in [1.165, 1.54) is 0 Å². The number of nitrogens with one attached hydrogen (secondary N) is 1. The number of amides is 2. The molecule has 0 spiro atoms.